The number of rotatable bonds is 7. The summed E-state index contributed by atoms with van der Waals surface area (Å²) in [7, 11) is 1.55. The summed E-state index contributed by atoms with van der Waals surface area (Å²) in [6.07, 6.45) is 1.42. The Bertz CT molecular complexity index is 1030. The van der Waals surface area contributed by atoms with E-state index in [1.54, 1.807) is 37.4 Å². The summed E-state index contributed by atoms with van der Waals surface area (Å²) in [5.74, 6) is 1.24. The molecule has 0 saturated carbocycles. The highest BCUT2D eigenvalue weighted by atomic mass is 35.5. The molecule has 1 heterocycles. The fourth-order valence-electron chi connectivity index (χ4n) is 2.46. The first-order valence-corrected chi connectivity index (χ1v) is 9.37. The van der Waals surface area contributed by atoms with Gasteiger partial charge in [-0.05, 0) is 42.8 Å². The van der Waals surface area contributed by atoms with Crippen LogP contribution in [0.3, 0.4) is 0 Å². The van der Waals surface area contributed by atoms with Crippen LogP contribution in [0.2, 0.25) is 10.0 Å². The lowest BCUT2D eigenvalue weighted by Gasteiger charge is -2.14. The van der Waals surface area contributed by atoms with Crippen LogP contribution in [-0.2, 0) is 4.79 Å². The number of aromatic nitrogens is 1. The molecule has 3 rings (SSSR count). The number of ether oxygens (including phenoxy) is 3. The van der Waals surface area contributed by atoms with Gasteiger partial charge in [-0.25, -0.2) is 4.98 Å². The van der Waals surface area contributed by atoms with E-state index < -0.39 is 0 Å². The fourth-order valence-corrected chi connectivity index (χ4v) is 2.88. The molecule has 1 aromatic heterocycles. The number of methoxy groups -OCH3 is 1. The van der Waals surface area contributed by atoms with Gasteiger partial charge in [-0.15, -0.1) is 0 Å². The Kier molecular flexibility index (Phi) is 6.80. The minimum Gasteiger partial charge on any atom is -0.493 e. The van der Waals surface area contributed by atoms with Gasteiger partial charge >= 0.3 is 0 Å². The van der Waals surface area contributed by atoms with Crippen LogP contribution in [0.15, 0.2) is 54.7 Å². The molecule has 6 nitrogen and oxygen atoms in total. The average Bonchev–Trinajstić information content (AvgIpc) is 2.70. The standard InChI is InChI=1S/C21H18Cl2N2O4/c1-13-7-8-18(19(9-13)27-2)28-12-20(26)25-16-5-3-4-6-17(16)29-21-15(23)10-14(22)11-24-21/h3-11H,12H2,1-2H3,(H,25,26). The van der Waals surface area contributed by atoms with E-state index in [4.69, 9.17) is 37.4 Å². The molecule has 0 aliphatic rings. The summed E-state index contributed by atoms with van der Waals surface area (Å²) < 4.78 is 16.6. The molecule has 8 heteroatoms. The van der Waals surface area contributed by atoms with Gasteiger partial charge in [-0.3, -0.25) is 4.79 Å². The first-order valence-electron chi connectivity index (χ1n) is 8.61. The summed E-state index contributed by atoms with van der Waals surface area (Å²) >= 11 is 12.0. The van der Waals surface area contributed by atoms with Crippen molar-refractivity contribution in [1.29, 1.82) is 0 Å². The zero-order valence-electron chi connectivity index (χ0n) is 15.7. The number of carbonyl (C=O) groups excluding carboxylic acids is 1. The normalized spacial score (nSPS) is 10.3. The minimum atomic E-state index is -0.362. The van der Waals surface area contributed by atoms with Crippen molar-refractivity contribution in [2.75, 3.05) is 19.0 Å². The monoisotopic (exact) mass is 432 g/mol. The maximum atomic E-state index is 12.4. The predicted octanol–water partition coefficient (Wildman–Crippen LogP) is 5.52. The second-order valence-electron chi connectivity index (χ2n) is 6.03. The predicted molar refractivity (Wildman–Crippen MR) is 113 cm³/mol. The highest BCUT2D eigenvalue weighted by molar-refractivity contribution is 6.35. The molecule has 150 valence electrons. The molecule has 3 aromatic rings. The first-order chi connectivity index (χ1) is 14.0. The quantitative estimate of drug-likeness (QED) is 0.532. The molecule has 0 atom stereocenters. The van der Waals surface area contributed by atoms with Gasteiger partial charge in [-0.1, -0.05) is 41.4 Å². The van der Waals surface area contributed by atoms with Gasteiger partial charge < -0.3 is 19.5 Å². The highest BCUT2D eigenvalue weighted by Gasteiger charge is 2.13. The number of pyridine rings is 1. The molecule has 1 amide bonds. The zero-order valence-corrected chi connectivity index (χ0v) is 17.3. The Morgan fingerprint density at radius 2 is 1.86 bits per heavy atom. The van der Waals surface area contributed by atoms with E-state index in [0.29, 0.717) is 28.0 Å². The summed E-state index contributed by atoms with van der Waals surface area (Å²) in [4.78, 5) is 16.4. The van der Waals surface area contributed by atoms with Crippen LogP contribution >= 0.6 is 23.2 Å². The van der Waals surface area contributed by atoms with Crippen LogP contribution < -0.4 is 19.5 Å². The number of nitrogens with one attached hydrogen (secondary N) is 1. The third-order valence-electron chi connectivity index (χ3n) is 3.82. The van der Waals surface area contributed by atoms with E-state index >= 15 is 0 Å². The van der Waals surface area contributed by atoms with Crippen molar-refractivity contribution < 1.29 is 19.0 Å². The average molecular weight is 433 g/mol. The number of aryl methyl sites for hydroxylation is 1. The molecule has 1 N–H and O–H groups in total. The van der Waals surface area contributed by atoms with Crippen molar-refractivity contribution in [3.8, 4) is 23.1 Å². The van der Waals surface area contributed by atoms with Crippen LogP contribution in [0.25, 0.3) is 0 Å². The second kappa shape index (κ2) is 9.49. The van der Waals surface area contributed by atoms with Crippen molar-refractivity contribution in [3.05, 3.63) is 70.3 Å². The second-order valence-corrected chi connectivity index (χ2v) is 6.87. The van der Waals surface area contributed by atoms with E-state index in [1.807, 2.05) is 19.1 Å². The van der Waals surface area contributed by atoms with E-state index in [2.05, 4.69) is 10.3 Å². The number of carbonyl (C=O) groups is 1. The Balaban J connectivity index is 1.68. The molecule has 0 radical (unpaired) electrons. The van der Waals surface area contributed by atoms with Gasteiger partial charge in [0, 0.05) is 6.20 Å². The molecule has 0 fully saturated rings. The summed E-state index contributed by atoms with van der Waals surface area (Å²) in [6.45, 7) is 1.74. The molecule has 29 heavy (non-hydrogen) atoms. The first kappa shape index (κ1) is 20.8. The molecule has 0 bridgehead atoms. The third kappa shape index (κ3) is 5.53. The highest BCUT2D eigenvalue weighted by Crippen LogP contribution is 2.33. The van der Waals surface area contributed by atoms with Gasteiger partial charge in [0.15, 0.2) is 23.9 Å². The van der Waals surface area contributed by atoms with Gasteiger partial charge in [-0.2, -0.15) is 0 Å². The number of hydrogen-bond acceptors (Lipinski definition) is 5. The topological polar surface area (TPSA) is 69.7 Å². The van der Waals surface area contributed by atoms with Crippen molar-refractivity contribution in [2.45, 2.75) is 6.92 Å². The van der Waals surface area contributed by atoms with Crippen molar-refractivity contribution in [1.82, 2.24) is 4.98 Å². The number of halogens is 2. The Labute approximate surface area is 178 Å². The number of amides is 1. The maximum absolute atomic E-state index is 12.4. The van der Waals surface area contributed by atoms with E-state index in [-0.39, 0.29) is 23.4 Å². The smallest absolute Gasteiger partial charge is 0.262 e. The van der Waals surface area contributed by atoms with Crippen LogP contribution in [0, 0.1) is 6.92 Å². The van der Waals surface area contributed by atoms with E-state index in [1.165, 1.54) is 12.3 Å². The van der Waals surface area contributed by atoms with Gasteiger partial charge in [0.1, 0.15) is 5.02 Å². The molecular weight excluding hydrogens is 415 g/mol. The third-order valence-corrected chi connectivity index (χ3v) is 4.30. The summed E-state index contributed by atoms with van der Waals surface area (Å²) in [5.41, 5.74) is 1.48. The molecule has 0 unspecified atom stereocenters. The van der Waals surface area contributed by atoms with Crippen molar-refractivity contribution in [3.63, 3.8) is 0 Å². The van der Waals surface area contributed by atoms with Crippen LogP contribution in [-0.4, -0.2) is 24.6 Å². The zero-order chi connectivity index (χ0) is 20.8. The number of benzene rings is 2. The molecular formula is C21H18Cl2N2O4. The van der Waals surface area contributed by atoms with E-state index in [0.717, 1.165) is 5.56 Å². The number of anilines is 1. The van der Waals surface area contributed by atoms with E-state index in [9.17, 15) is 4.79 Å². The number of nitrogens with zero attached hydrogens (tertiary/aromatic N) is 1. The Hall–Kier alpha value is -2.96. The van der Waals surface area contributed by atoms with Crippen LogP contribution in [0.4, 0.5) is 5.69 Å². The lowest BCUT2D eigenvalue weighted by Crippen LogP contribution is -2.20. The Morgan fingerprint density at radius 1 is 1.07 bits per heavy atom. The lowest BCUT2D eigenvalue weighted by molar-refractivity contribution is -0.118. The number of para-hydroxylation sites is 2. The van der Waals surface area contributed by atoms with Gasteiger partial charge in [0.2, 0.25) is 5.88 Å². The number of hydrogen-bond donors (Lipinski definition) is 1. The summed E-state index contributed by atoms with van der Waals surface area (Å²) in [5, 5.41) is 3.41. The molecule has 0 spiro atoms. The van der Waals surface area contributed by atoms with Crippen LogP contribution in [0.1, 0.15) is 5.56 Å². The van der Waals surface area contributed by atoms with Crippen molar-refractivity contribution in [2.24, 2.45) is 0 Å². The molecule has 2 aromatic carbocycles. The SMILES string of the molecule is COc1cc(C)ccc1OCC(=O)Nc1ccccc1Oc1ncc(Cl)cc1Cl. The maximum Gasteiger partial charge on any atom is 0.262 e. The van der Waals surface area contributed by atoms with Gasteiger partial charge in [0.25, 0.3) is 5.91 Å². The fraction of sp³-hybridized carbons (Fsp3) is 0.143. The molecule has 0 saturated heterocycles. The summed E-state index contributed by atoms with van der Waals surface area (Å²) in [6, 6.07) is 13.9. The van der Waals surface area contributed by atoms with Gasteiger partial charge in [0.05, 0.1) is 17.8 Å². The van der Waals surface area contributed by atoms with Crippen molar-refractivity contribution >= 4 is 34.8 Å². The minimum absolute atomic E-state index is 0.179. The Morgan fingerprint density at radius 3 is 2.62 bits per heavy atom. The van der Waals surface area contributed by atoms with Crippen LogP contribution in [0.5, 0.6) is 23.1 Å². The lowest BCUT2D eigenvalue weighted by atomic mass is 10.2. The molecule has 0 aliphatic heterocycles. The largest absolute Gasteiger partial charge is 0.493 e. The molecule has 0 aliphatic carbocycles.